The molecule has 0 radical (unpaired) electrons. The molecule has 0 unspecified atom stereocenters. The number of rotatable bonds is 6. The average Bonchev–Trinajstić information content (AvgIpc) is 3.29. The Morgan fingerprint density at radius 3 is 2.62 bits per heavy atom. The van der Waals surface area contributed by atoms with E-state index in [0.29, 0.717) is 37.0 Å². The number of benzene rings is 1. The van der Waals surface area contributed by atoms with E-state index < -0.39 is 17.3 Å². The molecule has 1 aromatic carbocycles. The summed E-state index contributed by atoms with van der Waals surface area (Å²) in [5.74, 6) is -0.735. The molecule has 1 aliphatic rings. The molecule has 0 spiro atoms. The lowest BCUT2D eigenvalue weighted by Gasteiger charge is -2.19. The fourth-order valence-electron chi connectivity index (χ4n) is 3.13. The number of aromatic nitrogens is 2. The van der Waals surface area contributed by atoms with Gasteiger partial charge in [-0.15, -0.1) is 8.78 Å². The minimum atomic E-state index is -3.84. The predicted octanol–water partition coefficient (Wildman–Crippen LogP) is 4.50. The summed E-state index contributed by atoms with van der Waals surface area (Å²) in [4.78, 5) is 22.9. The fraction of sp³-hybridized carbons (Fsp3) is 0.190. The van der Waals surface area contributed by atoms with Crippen LogP contribution in [0.4, 0.5) is 24.7 Å². The van der Waals surface area contributed by atoms with Crippen LogP contribution in [0.15, 0.2) is 55.0 Å². The maximum absolute atomic E-state index is 14.5. The Morgan fingerprint density at radius 2 is 1.97 bits per heavy atom. The molecule has 11 heteroatoms. The highest BCUT2D eigenvalue weighted by Gasteiger charge is 2.27. The summed E-state index contributed by atoms with van der Waals surface area (Å²) in [6.45, 7) is 1.38. The number of alkyl halides is 3. The summed E-state index contributed by atoms with van der Waals surface area (Å²) in [6.07, 6.45) is 4.06. The van der Waals surface area contributed by atoms with E-state index in [-0.39, 0.29) is 16.9 Å². The molecule has 32 heavy (non-hydrogen) atoms. The minimum absolute atomic E-state index is 0.166. The Bertz CT molecular complexity index is 1120. The lowest BCUT2D eigenvalue weighted by Crippen LogP contribution is -2.22. The number of amides is 1. The molecular formula is C21H16ClF3N4O3. The molecule has 0 bridgehead atoms. The van der Waals surface area contributed by atoms with Crippen molar-refractivity contribution in [1.29, 1.82) is 0 Å². The van der Waals surface area contributed by atoms with Gasteiger partial charge in [0.2, 0.25) is 0 Å². The smallest absolute Gasteiger partial charge is 0.420 e. The number of anilines is 2. The van der Waals surface area contributed by atoms with Crippen molar-refractivity contribution in [3.05, 3.63) is 66.4 Å². The summed E-state index contributed by atoms with van der Waals surface area (Å²) in [7, 11) is 0. The van der Waals surface area contributed by atoms with Crippen molar-refractivity contribution < 1.29 is 27.4 Å². The Hall–Kier alpha value is -3.37. The molecule has 7 nitrogen and oxygen atoms in total. The number of carbonyl (C=O) groups is 1. The lowest BCUT2D eigenvalue weighted by molar-refractivity contribution is -0.0964. The first-order valence-corrected chi connectivity index (χ1v) is 9.78. The summed E-state index contributed by atoms with van der Waals surface area (Å²) >= 11 is 4.73. The molecular weight excluding hydrogens is 449 g/mol. The summed E-state index contributed by atoms with van der Waals surface area (Å²) in [5.41, 5.74) is -2.76. The Morgan fingerprint density at radius 1 is 1.19 bits per heavy atom. The Kier molecular flexibility index (Phi) is 6.15. The normalized spacial score (nSPS) is 13.8. The van der Waals surface area contributed by atoms with Crippen LogP contribution in [0.1, 0.15) is 10.4 Å². The molecule has 0 saturated carbocycles. The quantitative estimate of drug-likeness (QED) is 0.541. The molecule has 2 aromatic heterocycles. The second kappa shape index (κ2) is 9.01. The number of carbonyl (C=O) groups excluding carboxylic acids is 1. The van der Waals surface area contributed by atoms with E-state index in [4.69, 9.17) is 16.3 Å². The van der Waals surface area contributed by atoms with E-state index in [1.165, 1.54) is 55.0 Å². The molecule has 1 aliphatic heterocycles. The zero-order valence-electron chi connectivity index (χ0n) is 16.4. The van der Waals surface area contributed by atoms with Gasteiger partial charge in [-0.1, -0.05) is 0 Å². The van der Waals surface area contributed by atoms with E-state index in [0.717, 1.165) is 0 Å². The minimum Gasteiger partial charge on any atom is -0.420 e. The Balaban J connectivity index is 1.60. The van der Waals surface area contributed by atoms with Gasteiger partial charge in [0.15, 0.2) is 0 Å². The second-order valence-corrected chi connectivity index (χ2v) is 7.22. The van der Waals surface area contributed by atoms with Crippen LogP contribution in [-0.4, -0.2) is 41.3 Å². The highest BCUT2D eigenvalue weighted by atomic mass is 35.5. The third kappa shape index (κ3) is 5.09. The molecule has 3 aromatic rings. The summed E-state index contributed by atoms with van der Waals surface area (Å²) in [6, 6.07) is 7.96. The maximum Gasteiger partial charge on any atom is 0.487 e. The van der Waals surface area contributed by atoms with Gasteiger partial charge in [0, 0.05) is 53.6 Å². The van der Waals surface area contributed by atoms with Gasteiger partial charge >= 0.3 is 5.57 Å². The van der Waals surface area contributed by atoms with Crippen LogP contribution in [0.25, 0.3) is 11.1 Å². The van der Waals surface area contributed by atoms with Gasteiger partial charge < -0.3 is 19.7 Å². The molecule has 4 rings (SSSR count). The van der Waals surface area contributed by atoms with Crippen LogP contribution >= 0.6 is 11.6 Å². The number of halogens is 4. The lowest BCUT2D eigenvalue weighted by atomic mass is 10.0. The number of pyridine rings is 2. The zero-order chi connectivity index (χ0) is 22.7. The van der Waals surface area contributed by atoms with Gasteiger partial charge in [0.05, 0.1) is 12.2 Å². The maximum atomic E-state index is 14.5. The first-order valence-electron chi connectivity index (χ1n) is 9.40. The molecule has 1 N–H and O–H groups in total. The Labute approximate surface area is 185 Å². The summed E-state index contributed by atoms with van der Waals surface area (Å²) in [5, 5.41) is 2.63. The molecule has 0 atom stereocenters. The van der Waals surface area contributed by atoms with Gasteiger partial charge in [-0.25, -0.2) is 9.37 Å². The number of nitrogens with one attached hydrogen (secondary N) is 1. The van der Waals surface area contributed by atoms with Crippen LogP contribution in [0, 0.1) is 5.82 Å². The predicted molar refractivity (Wildman–Crippen MR) is 111 cm³/mol. The van der Waals surface area contributed by atoms with Crippen molar-refractivity contribution in [2.75, 3.05) is 30.1 Å². The van der Waals surface area contributed by atoms with Crippen LogP contribution in [0.5, 0.6) is 5.75 Å². The van der Waals surface area contributed by atoms with Gasteiger partial charge in [-0.05, 0) is 36.4 Å². The number of hydrogen-bond acceptors (Lipinski definition) is 6. The molecule has 1 fully saturated rings. The third-order valence-electron chi connectivity index (χ3n) is 4.58. The molecule has 1 amide bonds. The highest BCUT2D eigenvalue weighted by molar-refractivity contribution is 6.20. The van der Waals surface area contributed by atoms with Crippen LogP contribution in [0.3, 0.4) is 0 Å². The molecule has 166 valence electrons. The van der Waals surface area contributed by atoms with Crippen LogP contribution in [0.2, 0.25) is 0 Å². The van der Waals surface area contributed by atoms with E-state index in [1.807, 2.05) is 4.90 Å². The van der Waals surface area contributed by atoms with Crippen molar-refractivity contribution in [1.82, 2.24) is 9.97 Å². The number of ether oxygens (including phenoxy) is 2. The van der Waals surface area contributed by atoms with Gasteiger partial charge in [-0.3, -0.25) is 9.78 Å². The van der Waals surface area contributed by atoms with Crippen molar-refractivity contribution in [2.24, 2.45) is 0 Å². The second-order valence-electron chi connectivity index (χ2n) is 6.78. The van der Waals surface area contributed by atoms with E-state index in [9.17, 15) is 18.0 Å². The molecule has 1 saturated heterocycles. The SMILES string of the molecule is O=C(Nc1ccc(OC(F)(F)Cl)cc1)c1cnc(N2CCOC2)c(-c2cnccc2F)c1. The fourth-order valence-corrected chi connectivity index (χ4v) is 3.22. The van der Waals surface area contributed by atoms with Crippen LogP contribution < -0.4 is 15.0 Å². The number of hydrogen-bond donors (Lipinski definition) is 1. The molecule has 0 aliphatic carbocycles. The van der Waals surface area contributed by atoms with E-state index in [2.05, 4.69) is 20.0 Å². The number of nitrogens with zero attached hydrogens (tertiary/aromatic N) is 3. The van der Waals surface area contributed by atoms with Gasteiger partial charge in [0.1, 0.15) is 24.1 Å². The van der Waals surface area contributed by atoms with E-state index >= 15 is 0 Å². The van der Waals surface area contributed by atoms with Crippen molar-refractivity contribution in [3.8, 4) is 16.9 Å². The first kappa shape index (κ1) is 21.8. The third-order valence-corrected chi connectivity index (χ3v) is 4.66. The van der Waals surface area contributed by atoms with Gasteiger partial charge in [0.25, 0.3) is 5.91 Å². The highest BCUT2D eigenvalue weighted by Crippen LogP contribution is 2.32. The van der Waals surface area contributed by atoms with Crippen LogP contribution in [-0.2, 0) is 4.74 Å². The van der Waals surface area contributed by atoms with Crippen molar-refractivity contribution >= 4 is 29.0 Å². The van der Waals surface area contributed by atoms with E-state index in [1.54, 1.807) is 0 Å². The molecule has 3 heterocycles. The summed E-state index contributed by atoms with van der Waals surface area (Å²) < 4.78 is 49.5. The monoisotopic (exact) mass is 464 g/mol. The van der Waals surface area contributed by atoms with Crippen molar-refractivity contribution in [3.63, 3.8) is 0 Å². The average molecular weight is 465 g/mol. The van der Waals surface area contributed by atoms with Gasteiger partial charge in [-0.2, -0.15) is 0 Å². The zero-order valence-corrected chi connectivity index (χ0v) is 17.2. The standard InChI is InChI=1S/C21H16ClF3N4O3/c22-21(24,25)32-15-3-1-14(2-4-15)28-20(30)13-9-16(17-11-26-6-5-18(17)23)19(27-10-13)29-7-8-31-12-29/h1-6,9-11H,7-8,12H2,(H,28,30). The van der Waals surface area contributed by atoms with Crippen molar-refractivity contribution in [2.45, 2.75) is 5.57 Å². The largest absolute Gasteiger partial charge is 0.487 e. The first-order chi connectivity index (χ1) is 15.3. The topological polar surface area (TPSA) is 76.6 Å².